The molecule has 108 valence electrons. The minimum absolute atomic E-state index is 0.322. The third-order valence-corrected chi connectivity index (χ3v) is 2.96. The first-order valence-corrected chi connectivity index (χ1v) is 6.41. The zero-order valence-electron chi connectivity index (χ0n) is 11.2. The monoisotopic (exact) mass is 287 g/mol. The van der Waals surface area contributed by atoms with Crippen molar-refractivity contribution in [1.82, 2.24) is 14.6 Å². The highest BCUT2D eigenvalue weighted by molar-refractivity contribution is 5.78. The van der Waals surface area contributed by atoms with Gasteiger partial charge in [0.2, 0.25) is 0 Å². The summed E-state index contributed by atoms with van der Waals surface area (Å²) in [4.78, 5) is 4.23. The molecule has 7 heteroatoms. The highest BCUT2D eigenvalue weighted by atomic mass is 19.1. The predicted octanol–water partition coefficient (Wildman–Crippen LogP) is 1.46. The van der Waals surface area contributed by atoms with E-state index in [1.807, 2.05) is 0 Å². The normalized spacial score (nSPS) is 11.0. The molecule has 3 aromatic rings. The highest BCUT2D eigenvalue weighted by Crippen LogP contribution is 2.28. The van der Waals surface area contributed by atoms with Crippen LogP contribution in [0.3, 0.4) is 0 Å². The Bertz CT molecular complexity index is 786. The van der Waals surface area contributed by atoms with Crippen molar-refractivity contribution in [2.24, 2.45) is 5.73 Å². The standard InChI is InChI=1S/C14H14FN5O/c15-10-5-9(6-11(7-10)21-4-2-16)12-8-18-20-3-1-13(17)19-14(12)20/h1,3,5-8H,2,4,16H2,(H2,17,19). The summed E-state index contributed by atoms with van der Waals surface area (Å²) in [5, 5.41) is 4.17. The van der Waals surface area contributed by atoms with Gasteiger partial charge in [0.25, 0.3) is 0 Å². The number of rotatable bonds is 4. The van der Waals surface area contributed by atoms with E-state index in [1.165, 1.54) is 12.1 Å². The van der Waals surface area contributed by atoms with Crippen molar-refractivity contribution in [3.63, 3.8) is 0 Å². The Hall–Kier alpha value is -2.67. The number of hydrogen-bond acceptors (Lipinski definition) is 5. The van der Waals surface area contributed by atoms with Gasteiger partial charge in [-0.25, -0.2) is 13.9 Å². The fourth-order valence-corrected chi connectivity index (χ4v) is 2.06. The van der Waals surface area contributed by atoms with Crippen molar-refractivity contribution < 1.29 is 9.13 Å². The van der Waals surface area contributed by atoms with Crippen molar-refractivity contribution in [2.75, 3.05) is 18.9 Å². The maximum Gasteiger partial charge on any atom is 0.165 e. The lowest BCUT2D eigenvalue weighted by Crippen LogP contribution is -2.10. The van der Waals surface area contributed by atoms with Gasteiger partial charge in [0.1, 0.15) is 24.0 Å². The average molecular weight is 287 g/mol. The smallest absolute Gasteiger partial charge is 0.165 e. The van der Waals surface area contributed by atoms with Crippen LogP contribution in [0.15, 0.2) is 36.7 Å². The molecule has 0 saturated heterocycles. The van der Waals surface area contributed by atoms with Crippen LogP contribution in [0.25, 0.3) is 16.8 Å². The van der Waals surface area contributed by atoms with E-state index in [9.17, 15) is 4.39 Å². The topological polar surface area (TPSA) is 91.5 Å². The van der Waals surface area contributed by atoms with Crippen molar-refractivity contribution in [3.8, 4) is 16.9 Å². The quantitative estimate of drug-likeness (QED) is 0.758. The molecule has 0 bridgehead atoms. The van der Waals surface area contributed by atoms with Crippen molar-refractivity contribution >= 4 is 11.5 Å². The average Bonchev–Trinajstić information content (AvgIpc) is 2.87. The molecule has 6 nitrogen and oxygen atoms in total. The van der Waals surface area contributed by atoms with Crippen LogP contribution in [0.2, 0.25) is 0 Å². The first kappa shape index (κ1) is 13.3. The van der Waals surface area contributed by atoms with Crippen LogP contribution in [0, 0.1) is 5.82 Å². The van der Waals surface area contributed by atoms with Gasteiger partial charge in [-0.2, -0.15) is 5.10 Å². The van der Waals surface area contributed by atoms with E-state index < -0.39 is 5.82 Å². The van der Waals surface area contributed by atoms with Gasteiger partial charge < -0.3 is 16.2 Å². The van der Waals surface area contributed by atoms with Gasteiger partial charge in [-0.05, 0) is 23.8 Å². The molecule has 0 saturated carbocycles. The molecule has 0 aliphatic heterocycles. The fourth-order valence-electron chi connectivity index (χ4n) is 2.06. The van der Waals surface area contributed by atoms with E-state index in [2.05, 4.69) is 10.1 Å². The van der Waals surface area contributed by atoms with Crippen LogP contribution in [0.4, 0.5) is 10.2 Å². The fraction of sp³-hybridized carbons (Fsp3) is 0.143. The second-order valence-corrected chi connectivity index (χ2v) is 4.49. The highest BCUT2D eigenvalue weighted by Gasteiger charge is 2.11. The van der Waals surface area contributed by atoms with Crippen molar-refractivity contribution in [3.05, 3.63) is 42.5 Å². The third kappa shape index (κ3) is 2.63. The molecule has 0 aliphatic rings. The van der Waals surface area contributed by atoms with Gasteiger partial charge in [0, 0.05) is 24.4 Å². The summed E-state index contributed by atoms with van der Waals surface area (Å²) in [5.74, 6) is 0.390. The first-order chi connectivity index (χ1) is 10.2. The summed E-state index contributed by atoms with van der Waals surface area (Å²) in [6.07, 6.45) is 3.32. The number of anilines is 1. The minimum Gasteiger partial charge on any atom is -0.492 e. The molecule has 0 unspecified atom stereocenters. The molecule has 2 aromatic heterocycles. The Morgan fingerprint density at radius 2 is 2.14 bits per heavy atom. The van der Waals surface area contributed by atoms with Crippen molar-refractivity contribution in [1.29, 1.82) is 0 Å². The van der Waals surface area contributed by atoms with E-state index in [-0.39, 0.29) is 0 Å². The van der Waals surface area contributed by atoms with Crippen LogP contribution >= 0.6 is 0 Å². The van der Waals surface area contributed by atoms with Gasteiger partial charge in [0.05, 0.1) is 6.20 Å². The molecule has 21 heavy (non-hydrogen) atoms. The molecule has 2 heterocycles. The molecule has 1 aromatic carbocycles. The molecule has 0 atom stereocenters. The number of benzene rings is 1. The lowest BCUT2D eigenvalue weighted by Gasteiger charge is -2.07. The van der Waals surface area contributed by atoms with E-state index in [1.54, 1.807) is 29.0 Å². The second kappa shape index (κ2) is 5.37. The van der Waals surface area contributed by atoms with Gasteiger partial charge in [-0.15, -0.1) is 0 Å². The summed E-state index contributed by atoms with van der Waals surface area (Å²) in [6, 6.07) is 6.08. The van der Waals surface area contributed by atoms with Crippen LogP contribution in [-0.2, 0) is 0 Å². The summed E-state index contributed by atoms with van der Waals surface area (Å²) >= 11 is 0. The van der Waals surface area contributed by atoms with Crippen LogP contribution in [-0.4, -0.2) is 27.7 Å². The van der Waals surface area contributed by atoms with Crippen molar-refractivity contribution in [2.45, 2.75) is 0 Å². The van der Waals surface area contributed by atoms with E-state index >= 15 is 0 Å². The Balaban J connectivity index is 2.09. The Kier molecular flexibility index (Phi) is 3.41. The van der Waals surface area contributed by atoms with E-state index in [0.717, 1.165) is 0 Å². The first-order valence-electron chi connectivity index (χ1n) is 6.41. The minimum atomic E-state index is -0.400. The van der Waals surface area contributed by atoms with E-state index in [0.29, 0.717) is 41.5 Å². The lowest BCUT2D eigenvalue weighted by molar-refractivity contribution is 0.326. The molecule has 0 spiro atoms. The molecular formula is C14H14FN5O. The zero-order chi connectivity index (χ0) is 14.8. The van der Waals surface area contributed by atoms with Gasteiger partial charge in [-0.1, -0.05) is 0 Å². The number of nitrogens with two attached hydrogens (primary N) is 2. The van der Waals surface area contributed by atoms with Gasteiger partial charge in [-0.3, -0.25) is 0 Å². The summed E-state index contributed by atoms with van der Waals surface area (Å²) < 4.78 is 20.7. The van der Waals surface area contributed by atoms with Gasteiger partial charge in [0.15, 0.2) is 5.65 Å². The second-order valence-electron chi connectivity index (χ2n) is 4.49. The summed E-state index contributed by atoms with van der Waals surface area (Å²) in [5.41, 5.74) is 12.9. The predicted molar refractivity (Wildman–Crippen MR) is 77.3 cm³/mol. The Morgan fingerprint density at radius 1 is 1.29 bits per heavy atom. The number of nitrogens with zero attached hydrogens (tertiary/aromatic N) is 3. The number of nitrogen functional groups attached to an aromatic ring is 1. The molecule has 0 fully saturated rings. The number of fused-ring (bicyclic) bond motifs is 1. The zero-order valence-corrected chi connectivity index (χ0v) is 11.2. The van der Waals surface area contributed by atoms with Crippen LogP contribution in [0.5, 0.6) is 5.75 Å². The van der Waals surface area contributed by atoms with Crippen LogP contribution in [0.1, 0.15) is 0 Å². The summed E-state index contributed by atoms with van der Waals surface area (Å²) in [7, 11) is 0. The SMILES string of the molecule is NCCOc1cc(F)cc(-c2cnn3ccc(N)nc23)c1. The Labute approximate surface area is 120 Å². The molecule has 0 aliphatic carbocycles. The molecular weight excluding hydrogens is 273 g/mol. The maximum absolute atomic E-state index is 13.7. The van der Waals surface area contributed by atoms with Crippen LogP contribution < -0.4 is 16.2 Å². The third-order valence-electron chi connectivity index (χ3n) is 2.96. The Morgan fingerprint density at radius 3 is 2.95 bits per heavy atom. The maximum atomic E-state index is 13.7. The molecule has 0 radical (unpaired) electrons. The largest absolute Gasteiger partial charge is 0.492 e. The number of hydrogen-bond donors (Lipinski definition) is 2. The van der Waals surface area contributed by atoms with E-state index in [4.69, 9.17) is 16.2 Å². The lowest BCUT2D eigenvalue weighted by atomic mass is 10.1. The molecule has 0 amide bonds. The number of aromatic nitrogens is 3. The van der Waals surface area contributed by atoms with Gasteiger partial charge >= 0.3 is 0 Å². The number of halogens is 1. The number of ether oxygens (including phenoxy) is 1. The summed E-state index contributed by atoms with van der Waals surface area (Å²) in [6.45, 7) is 0.684. The molecule has 3 rings (SSSR count). The molecule has 4 N–H and O–H groups in total.